The van der Waals surface area contributed by atoms with Gasteiger partial charge >= 0.3 is 0 Å². The van der Waals surface area contributed by atoms with E-state index in [9.17, 15) is 5.11 Å². The predicted octanol–water partition coefficient (Wildman–Crippen LogP) is 1.29. The van der Waals surface area contributed by atoms with Crippen molar-refractivity contribution in [2.75, 3.05) is 6.54 Å². The van der Waals surface area contributed by atoms with Crippen molar-refractivity contribution in [2.24, 2.45) is 5.92 Å². The van der Waals surface area contributed by atoms with E-state index >= 15 is 0 Å². The van der Waals surface area contributed by atoms with Crippen LogP contribution in [0.4, 0.5) is 0 Å². The highest BCUT2D eigenvalue weighted by Gasteiger charge is 2.38. The third-order valence-corrected chi connectivity index (χ3v) is 3.21. The van der Waals surface area contributed by atoms with Crippen LogP contribution in [0.1, 0.15) is 39.0 Å². The normalized spacial score (nSPS) is 35.0. The minimum Gasteiger partial charge on any atom is -0.389 e. The zero-order valence-electron chi connectivity index (χ0n) is 7.84. The molecule has 0 spiro atoms. The summed E-state index contributed by atoms with van der Waals surface area (Å²) in [6, 6.07) is 0.359. The summed E-state index contributed by atoms with van der Waals surface area (Å²) >= 11 is 0. The van der Waals surface area contributed by atoms with Gasteiger partial charge in [0.15, 0.2) is 0 Å². The quantitative estimate of drug-likeness (QED) is 0.667. The first-order valence-electron chi connectivity index (χ1n) is 5.14. The van der Waals surface area contributed by atoms with Crippen LogP contribution in [0, 0.1) is 5.92 Å². The molecule has 0 aromatic heterocycles. The van der Waals surface area contributed by atoms with Gasteiger partial charge < -0.3 is 10.4 Å². The van der Waals surface area contributed by atoms with Crippen LogP contribution in [-0.2, 0) is 0 Å². The lowest BCUT2D eigenvalue weighted by Crippen LogP contribution is -2.45. The van der Waals surface area contributed by atoms with Gasteiger partial charge in [-0.25, -0.2) is 0 Å². The molecule has 2 N–H and O–H groups in total. The van der Waals surface area contributed by atoms with E-state index in [2.05, 4.69) is 5.32 Å². The molecule has 2 heteroatoms. The van der Waals surface area contributed by atoms with Gasteiger partial charge in [0.1, 0.15) is 0 Å². The molecule has 0 bridgehead atoms. The maximum Gasteiger partial charge on any atom is 0.0774 e. The van der Waals surface area contributed by atoms with Crippen LogP contribution in [0.2, 0.25) is 0 Å². The van der Waals surface area contributed by atoms with E-state index in [1.165, 1.54) is 19.3 Å². The Labute approximate surface area is 74.4 Å². The van der Waals surface area contributed by atoms with Gasteiger partial charge in [-0.1, -0.05) is 12.8 Å². The van der Waals surface area contributed by atoms with Crippen LogP contribution in [0.3, 0.4) is 0 Å². The molecule has 0 aromatic carbocycles. The van der Waals surface area contributed by atoms with Crippen molar-refractivity contribution in [2.45, 2.75) is 50.7 Å². The number of hydrogen-bond acceptors (Lipinski definition) is 2. The van der Waals surface area contributed by atoms with E-state index in [1.807, 2.05) is 6.92 Å². The van der Waals surface area contributed by atoms with E-state index < -0.39 is 5.60 Å². The third-order valence-electron chi connectivity index (χ3n) is 3.21. The summed E-state index contributed by atoms with van der Waals surface area (Å²) in [6.07, 6.45) is 6.06. The number of rotatable bonds is 3. The summed E-state index contributed by atoms with van der Waals surface area (Å²) in [5.74, 6) is 0.822. The first kappa shape index (κ1) is 8.52. The fraction of sp³-hybridized carbons (Fsp3) is 1.00. The lowest BCUT2D eigenvalue weighted by molar-refractivity contribution is 0.0124. The van der Waals surface area contributed by atoms with Crippen molar-refractivity contribution in [1.29, 1.82) is 0 Å². The minimum absolute atomic E-state index is 0.359. The standard InChI is InChI=1S/C10H19NO/c1-10(12,7-8-4-5-8)9-3-2-6-11-9/h8-9,11-12H,2-7H2,1H3. The summed E-state index contributed by atoms with van der Waals surface area (Å²) in [5.41, 5.74) is -0.447. The molecule has 2 nitrogen and oxygen atoms in total. The molecule has 1 heterocycles. The van der Waals surface area contributed by atoms with Crippen LogP contribution >= 0.6 is 0 Å². The van der Waals surface area contributed by atoms with Crippen LogP contribution in [-0.4, -0.2) is 23.3 Å². The molecule has 0 aromatic rings. The van der Waals surface area contributed by atoms with E-state index in [1.54, 1.807) is 0 Å². The van der Waals surface area contributed by atoms with E-state index in [0.717, 1.165) is 25.3 Å². The zero-order chi connectivity index (χ0) is 8.60. The second kappa shape index (κ2) is 3.00. The fourth-order valence-corrected chi connectivity index (χ4v) is 2.26. The summed E-state index contributed by atoms with van der Waals surface area (Å²) in [4.78, 5) is 0. The summed E-state index contributed by atoms with van der Waals surface area (Å²) < 4.78 is 0. The maximum atomic E-state index is 10.2. The van der Waals surface area contributed by atoms with Gasteiger partial charge in [0, 0.05) is 6.04 Å². The van der Waals surface area contributed by atoms with Crippen molar-refractivity contribution in [3.05, 3.63) is 0 Å². The first-order chi connectivity index (χ1) is 5.68. The molecule has 2 atom stereocenters. The molecule has 2 unspecified atom stereocenters. The average Bonchev–Trinajstić information content (AvgIpc) is 2.67. The molecule has 2 rings (SSSR count). The molecule has 1 aliphatic heterocycles. The average molecular weight is 169 g/mol. The van der Waals surface area contributed by atoms with Crippen LogP contribution in [0.5, 0.6) is 0 Å². The topological polar surface area (TPSA) is 32.3 Å². The molecule has 1 saturated carbocycles. The number of aliphatic hydroxyl groups is 1. The largest absolute Gasteiger partial charge is 0.389 e. The van der Waals surface area contributed by atoms with Crippen LogP contribution < -0.4 is 5.32 Å². The first-order valence-corrected chi connectivity index (χ1v) is 5.14. The summed E-state index contributed by atoms with van der Waals surface area (Å²) in [7, 11) is 0. The Kier molecular flexibility index (Phi) is 2.13. The zero-order valence-corrected chi connectivity index (χ0v) is 7.84. The predicted molar refractivity (Wildman–Crippen MR) is 49.0 cm³/mol. The lowest BCUT2D eigenvalue weighted by Gasteiger charge is -2.30. The maximum absolute atomic E-state index is 10.2. The van der Waals surface area contributed by atoms with Gasteiger partial charge in [-0.3, -0.25) is 0 Å². The van der Waals surface area contributed by atoms with Gasteiger partial charge in [0.25, 0.3) is 0 Å². The van der Waals surface area contributed by atoms with Gasteiger partial charge in [-0.2, -0.15) is 0 Å². The minimum atomic E-state index is -0.447. The van der Waals surface area contributed by atoms with Crippen LogP contribution in [0.15, 0.2) is 0 Å². The Balaban J connectivity index is 1.88. The Morgan fingerprint density at radius 2 is 2.17 bits per heavy atom. The van der Waals surface area contributed by atoms with Crippen LogP contribution in [0.25, 0.3) is 0 Å². The molecule has 0 amide bonds. The SMILES string of the molecule is CC(O)(CC1CC1)C1CCCN1. The highest BCUT2D eigenvalue weighted by Crippen LogP contribution is 2.38. The highest BCUT2D eigenvalue weighted by atomic mass is 16.3. The van der Waals surface area contributed by atoms with Crippen molar-refractivity contribution < 1.29 is 5.11 Å². The Bertz CT molecular complexity index is 157. The summed E-state index contributed by atoms with van der Waals surface area (Å²) in [5, 5.41) is 13.5. The molecule has 1 saturated heterocycles. The van der Waals surface area contributed by atoms with Crippen molar-refractivity contribution in [1.82, 2.24) is 5.32 Å². The molecule has 12 heavy (non-hydrogen) atoms. The Morgan fingerprint density at radius 1 is 1.42 bits per heavy atom. The Hall–Kier alpha value is -0.0800. The van der Waals surface area contributed by atoms with E-state index in [4.69, 9.17) is 0 Å². The third kappa shape index (κ3) is 1.80. The smallest absolute Gasteiger partial charge is 0.0774 e. The van der Waals surface area contributed by atoms with Gasteiger partial charge in [-0.05, 0) is 38.6 Å². The highest BCUT2D eigenvalue weighted by molar-refractivity contribution is 4.94. The fourth-order valence-electron chi connectivity index (χ4n) is 2.26. The van der Waals surface area contributed by atoms with Gasteiger partial charge in [0.2, 0.25) is 0 Å². The van der Waals surface area contributed by atoms with E-state index in [-0.39, 0.29) is 0 Å². The monoisotopic (exact) mass is 169 g/mol. The van der Waals surface area contributed by atoms with E-state index in [0.29, 0.717) is 6.04 Å². The number of hydrogen-bond donors (Lipinski definition) is 2. The van der Waals surface area contributed by atoms with Crippen molar-refractivity contribution in [3.63, 3.8) is 0 Å². The van der Waals surface area contributed by atoms with Gasteiger partial charge in [0.05, 0.1) is 5.60 Å². The second-order valence-corrected chi connectivity index (χ2v) is 4.65. The molecule has 2 aliphatic rings. The van der Waals surface area contributed by atoms with Crippen molar-refractivity contribution >= 4 is 0 Å². The molecule has 2 fully saturated rings. The lowest BCUT2D eigenvalue weighted by atomic mass is 9.89. The van der Waals surface area contributed by atoms with Crippen molar-refractivity contribution in [3.8, 4) is 0 Å². The number of nitrogens with one attached hydrogen (secondary N) is 1. The molecular weight excluding hydrogens is 150 g/mol. The molecule has 1 aliphatic carbocycles. The molecular formula is C10H19NO. The summed E-state index contributed by atoms with van der Waals surface area (Å²) in [6.45, 7) is 3.08. The van der Waals surface area contributed by atoms with Gasteiger partial charge in [-0.15, -0.1) is 0 Å². The second-order valence-electron chi connectivity index (χ2n) is 4.65. The Morgan fingerprint density at radius 3 is 2.67 bits per heavy atom. The molecule has 70 valence electrons. The molecule has 0 radical (unpaired) electrons.